The van der Waals surface area contributed by atoms with Crippen molar-refractivity contribution in [3.63, 3.8) is 0 Å². The number of nitrogens with zero attached hydrogens (tertiary/aromatic N) is 3. The number of pyridine rings is 1. The maximum absolute atomic E-state index is 13.3. The zero-order chi connectivity index (χ0) is 17.6. The molecule has 0 saturated heterocycles. The van der Waals surface area contributed by atoms with E-state index in [0.29, 0.717) is 23.9 Å². The molecule has 0 aliphatic rings. The number of carbonyl (C=O) groups is 1. The number of aromatic nitrogens is 3. The Morgan fingerprint density at radius 2 is 2.00 bits per heavy atom. The summed E-state index contributed by atoms with van der Waals surface area (Å²) in [7, 11) is 0. The van der Waals surface area contributed by atoms with Crippen LogP contribution in [0.1, 0.15) is 22.0 Å². The number of carbonyl (C=O) groups excluding carboxylic acids is 1. The summed E-state index contributed by atoms with van der Waals surface area (Å²) >= 11 is 0. The lowest BCUT2D eigenvalue weighted by molar-refractivity contribution is 0.0945. The number of benzene rings is 1. The molecule has 2 N–H and O–H groups in total. The van der Waals surface area contributed by atoms with Crippen molar-refractivity contribution in [2.75, 3.05) is 5.32 Å². The number of rotatable bonds is 5. The number of hydrogen-bond acceptors (Lipinski definition) is 5. The topological polar surface area (TPSA) is 79.8 Å². The minimum absolute atomic E-state index is 0.224. The van der Waals surface area contributed by atoms with Crippen LogP contribution in [0.2, 0.25) is 0 Å². The average molecular weight is 337 g/mol. The second kappa shape index (κ2) is 7.48. The number of anilines is 2. The molecule has 0 aliphatic carbocycles. The third-order valence-electron chi connectivity index (χ3n) is 3.32. The molecule has 0 fully saturated rings. The molecule has 0 aliphatic heterocycles. The SMILES string of the molecule is Cc1nc(Nc2cccc(F)c2)cc(C(=O)NCc2ccccn2)n1. The van der Waals surface area contributed by atoms with Gasteiger partial charge in [-0.1, -0.05) is 12.1 Å². The molecule has 2 aromatic heterocycles. The Morgan fingerprint density at radius 3 is 2.76 bits per heavy atom. The fraction of sp³-hybridized carbons (Fsp3) is 0.111. The Morgan fingerprint density at radius 1 is 1.12 bits per heavy atom. The van der Waals surface area contributed by atoms with Crippen LogP contribution < -0.4 is 10.6 Å². The molecule has 3 rings (SSSR count). The highest BCUT2D eigenvalue weighted by atomic mass is 19.1. The number of halogens is 1. The predicted molar refractivity (Wildman–Crippen MR) is 91.9 cm³/mol. The summed E-state index contributed by atoms with van der Waals surface area (Å²) in [6, 6.07) is 13.0. The second-order valence-electron chi connectivity index (χ2n) is 5.32. The van der Waals surface area contributed by atoms with E-state index < -0.39 is 0 Å². The third kappa shape index (κ3) is 4.57. The lowest BCUT2D eigenvalue weighted by Gasteiger charge is -2.09. The fourth-order valence-electron chi connectivity index (χ4n) is 2.23. The standard InChI is InChI=1S/C18H16FN5O/c1-12-22-16(18(25)21-11-15-6-2-3-8-20-15)10-17(23-12)24-14-7-4-5-13(19)9-14/h2-10H,11H2,1H3,(H,21,25)(H,22,23,24). The molecule has 0 saturated carbocycles. The van der Waals surface area contributed by atoms with Gasteiger partial charge in [0, 0.05) is 18.0 Å². The van der Waals surface area contributed by atoms with E-state index in [0.717, 1.165) is 5.69 Å². The summed E-state index contributed by atoms with van der Waals surface area (Å²) in [4.78, 5) is 24.8. The lowest BCUT2D eigenvalue weighted by Crippen LogP contribution is -2.24. The van der Waals surface area contributed by atoms with E-state index in [4.69, 9.17) is 0 Å². The Hall–Kier alpha value is -3.35. The maximum Gasteiger partial charge on any atom is 0.270 e. The Bertz CT molecular complexity index is 886. The molecule has 3 aromatic rings. The lowest BCUT2D eigenvalue weighted by atomic mass is 10.3. The third-order valence-corrected chi connectivity index (χ3v) is 3.32. The summed E-state index contributed by atoms with van der Waals surface area (Å²) in [6.07, 6.45) is 1.66. The minimum Gasteiger partial charge on any atom is -0.345 e. The van der Waals surface area contributed by atoms with Crippen molar-refractivity contribution in [3.05, 3.63) is 77.8 Å². The van der Waals surface area contributed by atoms with Crippen LogP contribution in [0.3, 0.4) is 0 Å². The van der Waals surface area contributed by atoms with Gasteiger partial charge in [-0.2, -0.15) is 0 Å². The van der Waals surface area contributed by atoms with Crippen LogP contribution in [-0.2, 0) is 6.54 Å². The van der Waals surface area contributed by atoms with Crippen molar-refractivity contribution in [3.8, 4) is 0 Å². The summed E-state index contributed by atoms with van der Waals surface area (Å²) in [6.45, 7) is 1.99. The molecule has 1 aromatic carbocycles. The van der Waals surface area contributed by atoms with Gasteiger partial charge in [0.2, 0.25) is 0 Å². The van der Waals surface area contributed by atoms with Crippen LogP contribution in [0.15, 0.2) is 54.7 Å². The Kier molecular flexibility index (Phi) is 4.94. The summed E-state index contributed by atoms with van der Waals surface area (Å²) in [5.74, 6) is 0.160. The summed E-state index contributed by atoms with van der Waals surface area (Å²) in [5, 5.41) is 5.73. The normalized spacial score (nSPS) is 10.3. The van der Waals surface area contributed by atoms with E-state index in [2.05, 4.69) is 25.6 Å². The van der Waals surface area contributed by atoms with Crippen molar-refractivity contribution < 1.29 is 9.18 Å². The van der Waals surface area contributed by atoms with Crippen LogP contribution in [0.5, 0.6) is 0 Å². The minimum atomic E-state index is -0.357. The molecule has 0 bridgehead atoms. The van der Waals surface area contributed by atoms with Gasteiger partial charge in [0.25, 0.3) is 5.91 Å². The van der Waals surface area contributed by atoms with Gasteiger partial charge >= 0.3 is 0 Å². The molecule has 0 spiro atoms. The van der Waals surface area contributed by atoms with Gasteiger partial charge in [0.15, 0.2) is 0 Å². The number of nitrogens with one attached hydrogen (secondary N) is 2. The maximum atomic E-state index is 13.3. The molecule has 25 heavy (non-hydrogen) atoms. The van der Waals surface area contributed by atoms with Crippen LogP contribution >= 0.6 is 0 Å². The number of hydrogen-bond donors (Lipinski definition) is 2. The smallest absolute Gasteiger partial charge is 0.270 e. The fourth-order valence-corrected chi connectivity index (χ4v) is 2.23. The molecule has 0 radical (unpaired) electrons. The molecular formula is C18H16FN5O. The zero-order valence-electron chi connectivity index (χ0n) is 13.5. The van der Waals surface area contributed by atoms with Crippen LogP contribution in [0, 0.1) is 12.7 Å². The highest BCUT2D eigenvalue weighted by Gasteiger charge is 2.11. The highest BCUT2D eigenvalue weighted by Crippen LogP contribution is 2.16. The molecule has 7 heteroatoms. The van der Waals surface area contributed by atoms with E-state index in [1.54, 1.807) is 25.3 Å². The quantitative estimate of drug-likeness (QED) is 0.748. The molecule has 1 amide bonds. The van der Waals surface area contributed by atoms with E-state index in [1.165, 1.54) is 18.2 Å². The largest absolute Gasteiger partial charge is 0.345 e. The van der Waals surface area contributed by atoms with E-state index >= 15 is 0 Å². The van der Waals surface area contributed by atoms with Crippen molar-refractivity contribution in [2.45, 2.75) is 13.5 Å². The number of aryl methyl sites for hydroxylation is 1. The Balaban J connectivity index is 1.73. The van der Waals surface area contributed by atoms with Crippen molar-refractivity contribution in [1.29, 1.82) is 0 Å². The predicted octanol–water partition coefficient (Wildman–Crippen LogP) is 2.99. The first-order valence-electron chi connectivity index (χ1n) is 7.66. The zero-order valence-corrected chi connectivity index (χ0v) is 13.5. The first-order chi connectivity index (χ1) is 12.1. The summed E-state index contributed by atoms with van der Waals surface area (Å²) in [5.41, 5.74) is 1.51. The summed E-state index contributed by atoms with van der Waals surface area (Å²) < 4.78 is 13.3. The van der Waals surface area contributed by atoms with Gasteiger partial charge in [0.05, 0.1) is 12.2 Å². The van der Waals surface area contributed by atoms with E-state index in [-0.39, 0.29) is 17.4 Å². The van der Waals surface area contributed by atoms with E-state index in [9.17, 15) is 9.18 Å². The molecule has 0 unspecified atom stereocenters. The molecule has 2 heterocycles. The van der Waals surface area contributed by atoms with Gasteiger partial charge in [-0.3, -0.25) is 9.78 Å². The first-order valence-corrected chi connectivity index (χ1v) is 7.66. The van der Waals surface area contributed by atoms with Crippen molar-refractivity contribution >= 4 is 17.4 Å². The first kappa shape index (κ1) is 16.5. The molecule has 6 nitrogen and oxygen atoms in total. The van der Waals surface area contributed by atoms with Crippen molar-refractivity contribution in [1.82, 2.24) is 20.3 Å². The molecule has 126 valence electrons. The van der Waals surface area contributed by atoms with Gasteiger partial charge in [-0.25, -0.2) is 14.4 Å². The Labute approximate surface area is 144 Å². The van der Waals surface area contributed by atoms with Crippen LogP contribution in [0.4, 0.5) is 15.9 Å². The van der Waals surface area contributed by atoms with E-state index in [1.807, 2.05) is 18.2 Å². The second-order valence-corrected chi connectivity index (χ2v) is 5.32. The number of amides is 1. The van der Waals surface area contributed by atoms with Gasteiger partial charge in [0.1, 0.15) is 23.2 Å². The van der Waals surface area contributed by atoms with Crippen molar-refractivity contribution in [2.24, 2.45) is 0 Å². The van der Waals surface area contributed by atoms with Gasteiger partial charge in [-0.15, -0.1) is 0 Å². The molecular weight excluding hydrogens is 321 g/mol. The highest BCUT2D eigenvalue weighted by molar-refractivity contribution is 5.93. The average Bonchev–Trinajstić information content (AvgIpc) is 2.60. The van der Waals surface area contributed by atoms with Crippen LogP contribution in [0.25, 0.3) is 0 Å². The van der Waals surface area contributed by atoms with Crippen LogP contribution in [-0.4, -0.2) is 20.9 Å². The monoisotopic (exact) mass is 337 g/mol. The van der Waals surface area contributed by atoms with Gasteiger partial charge in [-0.05, 0) is 37.3 Å². The molecule has 0 atom stereocenters. The van der Waals surface area contributed by atoms with Gasteiger partial charge < -0.3 is 10.6 Å².